The third-order valence-corrected chi connectivity index (χ3v) is 5.12. The largest absolute Gasteiger partial charge is 0.511 e. The van der Waals surface area contributed by atoms with Crippen LogP contribution in [0, 0.1) is 6.92 Å². The molecular weight excluding hydrogens is 397 g/mol. The molecule has 3 aromatic rings. The molecule has 0 aliphatic rings. The molecule has 0 aliphatic heterocycles. The van der Waals surface area contributed by atoms with E-state index in [2.05, 4.69) is 4.98 Å². The van der Waals surface area contributed by atoms with Crippen LogP contribution in [0.2, 0.25) is 0 Å². The van der Waals surface area contributed by atoms with E-state index < -0.39 is 15.5 Å². The molecular formula is C14H16ClF3N4O3S. The molecule has 0 fully saturated rings. The highest BCUT2D eigenvalue weighted by Crippen LogP contribution is 2.21. The topological polar surface area (TPSA) is 85.5 Å². The second-order valence-corrected chi connectivity index (χ2v) is 7.39. The minimum atomic E-state index is -5.32. The van der Waals surface area contributed by atoms with Crippen molar-refractivity contribution in [2.45, 2.75) is 31.8 Å². The first-order valence-electron chi connectivity index (χ1n) is 7.49. The Morgan fingerprint density at radius 2 is 1.92 bits per heavy atom. The number of imidazole rings is 2. The highest BCUT2D eigenvalue weighted by atomic mass is 35.5. The lowest BCUT2D eigenvalue weighted by molar-refractivity contribution is -0.0447. The summed E-state index contributed by atoms with van der Waals surface area (Å²) in [5.41, 5.74) is -3.15. The van der Waals surface area contributed by atoms with E-state index in [1.54, 1.807) is 29.5 Å². The van der Waals surface area contributed by atoms with Crippen LogP contribution in [-0.4, -0.2) is 34.4 Å². The first kappa shape index (κ1) is 20.5. The number of rotatable bonds is 6. The highest BCUT2D eigenvalue weighted by Gasteiger charge is 2.45. The predicted octanol–water partition coefficient (Wildman–Crippen LogP) is 2.04. The Hall–Kier alpha value is -1.85. The number of sulfonamides is 1. The molecule has 0 spiro atoms. The smallest absolute Gasteiger partial charge is 0.292 e. The number of unbranched alkanes of at least 4 members (excludes halogenated alkanes) is 1. The number of halogens is 4. The fourth-order valence-corrected chi connectivity index (χ4v) is 3.36. The zero-order chi connectivity index (χ0) is 18.4. The summed E-state index contributed by atoms with van der Waals surface area (Å²) < 4.78 is 63.2. The van der Waals surface area contributed by atoms with Gasteiger partial charge in [-0.25, -0.2) is 18.1 Å². The number of nitrogens with one attached hydrogen (secondary N) is 1. The van der Waals surface area contributed by atoms with Gasteiger partial charge in [-0.1, -0.05) is 6.07 Å². The summed E-state index contributed by atoms with van der Waals surface area (Å²) in [5.74, 6) is 0. The molecule has 0 saturated heterocycles. The average Bonchev–Trinajstić information content (AvgIpc) is 2.99. The van der Waals surface area contributed by atoms with Crippen LogP contribution in [-0.2, 0) is 16.6 Å². The monoisotopic (exact) mass is 412 g/mol. The minimum absolute atomic E-state index is 0. The molecule has 26 heavy (non-hydrogen) atoms. The third-order valence-electron chi connectivity index (χ3n) is 3.93. The van der Waals surface area contributed by atoms with E-state index >= 15 is 0 Å². The van der Waals surface area contributed by atoms with Crippen molar-refractivity contribution in [3.8, 4) is 0 Å². The summed E-state index contributed by atoms with van der Waals surface area (Å²) in [6.45, 7) is 1.66. The summed E-state index contributed by atoms with van der Waals surface area (Å²) in [7, 11) is -5.32. The molecule has 12 heteroatoms. The van der Waals surface area contributed by atoms with Crippen LogP contribution in [0.4, 0.5) is 13.2 Å². The molecule has 7 nitrogen and oxygen atoms in total. The minimum Gasteiger partial charge on any atom is -0.292 e. The van der Waals surface area contributed by atoms with E-state index in [0.29, 0.717) is 28.9 Å². The van der Waals surface area contributed by atoms with Crippen molar-refractivity contribution >= 4 is 39.2 Å². The molecule has 3 rings (SSSR count). The molecule has 0 atom stereocenters. The molecule has 0 aromatic carbocycles. The highest BCUT2D eigenvalue weighted by molar-refractivity contribution is 7.90. The Bertz CT molecular complexity index is 1070. The van der Waals surface area contributed by atoms with Gasteiger partial charge >= 0.3 is 15.5 Å². The molecule has 0 amide bonds. The first-order valence-corrected chi connectivity index (χ1v) is 8.97. The van der Waals surface area contributed by atoms with E-state index in [-0.39, 0.29) is 37.5 Å². The average molecular weight is 413 g/mol. The Balaban J connectivity index is 0.00000243. The standard InChI is InChI=1S/C14H15F3N4O3S.ClH/c1-9-12-13(22)20(11-6-4-5-10(19-9)21(11)12)8-3-2-7-18-25(23,24)14(15,16)17;/h4-6,18H,2-3,7-8H2,1H3;1H. The van der Waals surface area contributed by atoms with Crippen molar-refractivity contribution in [2.75, 3.05) is 6.54 Å². The summed E-state index contributed by atoms with van der Waals surface area (Å²) in [4.78, 5) is 16.8. The number of nitrogens with zero attached hydrogens (tertiary/aromatic N) is 3. The molecule has 3 heterocycles. The van der Waals surface area contributed by atoms with E-state index in [1.807, 2.05) is 0 Å². The maximum Gasteiger partial charge on any atom is 0.511 e. The van der Waals surface area contributed by atoms with Gasteiger partial charge in [-0.15, -0.1) is 12.4 Å². The van der Waals surface area contributed by atoms with Gasteiger partial charge in [-0.2, -0.15) is 13.2 Å². The molecule has 144 valence electrons. The van der Waals surface area contributed by atoms with Gasteiger partial charge in [0.2, 0.25) is 0 Å². The molecule has 0 saturated carbocycles. The summed E-state index contributed by atoms with van der Waals surface area (Å²) in [6.07, 6.45) is 0.515. The van der Waals surface area contributed by atoms with Crippen molar-refractivity contribution in [1.29, 1.82) is 0 Å². The number of aryl methyl sites for hydroxylation is 2. The lowest BCUT2D eigenvalue weighted by Crippen LogP contribution is -2.37. The Kier molecular flexibility index (Phi) is 5.54. The van der Waals surface area contributed by atoms with Crippen molar-refractivity contribution < 1.29 is 21.6 Å². The molecule has 0 bridgehead atoms. The van der Waals surface area contributed by atoms with Crippen LogP contribution in [0.3, 0.4) is 0 Å². The van der Waals surface area contributed by atoms with Crippen LogP contribution in [0.1, 0.15) is 18.5 Å². The summed E-state index contributed by atoms with van der Waals surface area (Å²) in [5, 5.41) is 0. The van der Waals surface area contributed by atoms with E-state index in [1.165, 1.54) is 9.29 Å². The van der Waals surface area contributed by atoms with Crippen LogP contribution < -0.4 is 10.3 Å². The maximum absolute atomic E-state index is 12.5. The van der Waals surface area contributed by atoms with Gasteiger partial charge in [0.05, 0.1) is 5.69 Å². The lowest BCUT2D eigenvalue weighted by atomic mass is 10.3. The Labute approximate surface area is 152 Å². The zero-order valence-corrected chi connectivity index (χ0v) is 15.2. The number of pyridine rings is 1. The fraction of sp³-hybridized carbons (Fsp3) is 0.429. The molecule has 1 N–H and O–H groups in total. The van der Waals surface area contributed by atoms with Crippen molar-refractivity contribution in [3.05, 3.63) is 34.2 Å². The quantitative estimate of drug-likeness (QED) is 0.628. The number of aromatic nitrogens is 3. The normalized spacial score (nSPS) is 12.8. The van der Waals surface area contributed by atoms with Crippen LogP contribution in [0.15, 0.2) is 23.0 Å². The third kappa shape index (κ3) is 3.38. The van der Waals surface area contributed by atoms with Gasteiger partial charge < -0.3 is 0 Å². The van der Waals surface area contributed by atoms with Gasteiger partial charge in [0, 0.05) is 13.1 Å². The second-order valence-electron chi connectivity index (χ2n) is 5.63. The van der Waals surface area contributed by atoms with Crippen LogP contribution >= 0.6 is 12.4 Å². The van der Waals surface area contributed by atoms with Gasteiger partial charge in [0.15, 0.2) is 0 Å². The van der Waals surface area contributed by atoms with Gasteiger partial charge in [-0.05, 0) is 31.9 Å². The van der Waals surface area contributed by atoms with Gasteiger partial charge in [0.1, 0.15) is 16.8 Å². The second kappa shape index (κ2) is 7.05. The first-order chi connectivity index (χ1) is 11.6. The fourth-order valence-electron chi connectivity index (χ4n) is 2.78. The van der Waals surface area contributed by atoms with Crippen molar-refractivity contribution in [3.63, 3.8) is 0 Å². The predicted molar refractivity (Wildman–Crippen MR) is 92.3 cm³/mol. The van der Waals surface area contributed by atoms with Crippen molar-refractivity contribution in [2.24, 2.45) is 0 Å². The summed E-state index contributed by atoms with van der Waals surface area (Å²) in [6, 6.07) is 5.31. The summed E-state index contributed by atoms with van der Waals surface area (Å²) >= 11 is 0. The van der Waals surface area contributed by atoms with Crippen LogP contribution in [0.25, 0.3) is 16.8 Å². The van der Waals surface area contributed by atoms with E-state index in [9.17, 15) is 26.4 Å². The molecule has 0 unspecified atom stereocenters. The number of alkyl halides is 3. The van der Waals surface area contributed by atoms with Gasteiger partial charge in [0.25, 0.3) is 5.56 Å². The Morgan fingerprint density at radius 1 is 1.23 bits per heavy atom. The lowest BCUT2D eigenvalue weighted by Gasteiger charge is -2.09. The molecule has 0 aliphatic carbocycles. The number of hydrogen-bond acceptors (Lipinski definition) is 4. The van der Waals surface area contributed by atoms with Gasteiger partial charge in [-0.3, -0.25) is 13.8 Å². The van der Waals surface area contributed by atoms with E-state index in [0.717, 1.165) is 0 Å². The zero-order valence-electron chi connectivity index (χ0n) is 13.6. The number of hydrogen-bond donors (Lipinski definition) is 1. The van der Waals surface area contributed by atoms with Crippen LogP contribution in [0.5, 0.6) is 0 Å². The maximum atomic E-state index is 12.5. The molecule has 3 aromatic heterocycles. The SMILES string of the molecule is Cc1nc2cccc3n(CCCCNS(=O)(=O)C(F)(F)F)c(=O)c1n23.Cl. The van der Waals surface area contributed by atoms with Crippen molar-refractivity contribution in [1.82, 2.24) is 18.7 Å². The Morgan fingerprint density at radius 3 is 2.58 bits per heavy atom. The van der Waals surface area contributed by atoms with E-state index in [4.69, 9.17) is 0 Å². The molecule has 0 radical (unpaired) electrons.